The molecule has 2 saturated heterocycles. The summed E-state index contributed by atoms with van der Waals surface area (Å²) in [5.41, 5.74) is 0.992. The van der Waals surface area contributed by atoms with Gasteiger partial charge in [0.15, 0.2) is 9.84 Å². The minimum Gasteiger partial charge on any atom is -0.357 e. The van der Waals surface area contributed by atoms with Crippen molar-refractivity contribution in [2.24, 2.45) is 5.92 Å². The number of hydrogen-bond acceptors (Lipinski definition) is 5. The maximum Gasteiger partial charge on any atom is 0.224 e. The van der Waals surface area contributed by atoms with E-state index in [9.17, 15) is 13.2 Å². The second kappa shape index (κ2) is 6.24. The fourth-order valence-corrected chi connectivity index (χ4v) is 4.77. The molecule has 0 radical (unpaired) electrons. The van der Waals surface area contributed by atoms with Gasteiger partial charge < -0.3 is 10.2 Å². The van der Waals surface area contributed by atoms with Gasteiger partial charge in [-0.05, 0) is 37.0 Å². The molecule has 0 spiro atoms. The quantitative estimate of drug-likeness (QED) is 0.884. The number of sulfone groups is 1. The van der Waals surface area contributed by atoms with Crippen LogP contribution in [0, 0.1) is 5.92 Å². The molecular weight excluding hydrogens is 302 g/mol. The normalized spacial score (nSPS) is 23.6. The van der Waals surface area contributed by atoms with Gasteiger partial charge in [0.25, 0.3) is 0 Å². The van der Waals surface area contributed by atoms with Gasteiger partial charge in [-0.2, -0.15) is 0 Å². The number of pyridine rings is 1. The molecule has 22 heavy (non-hydrogen) atoms. The van der Waals surface area contributed by atoms with Crippen LogP contribution in [0.2, 0.25) is 0 Å². The van der Waals surface area contributed by atoms with Gasteiger partial charge in [-0.25, -0.2) is 13.4 Å². The largest absolute Gasteiger partial charge is 0.357 e. The summed E-state index contributed by atoms with van der Waals surface area (Å²) in [6.45, 7) is 2.48. The Bertz CT molecular complexity index is 654. The van der Waals surface area contributed by atoms with Crippen LogP contribution in [-0.2, 0) is 21.2 Å². The highest BCUT2D eigenvalue weighted by atomic mass is 32.2. The van der Waals surface area contributed by atoms with Gasteiger partial charge in [0, 0.05) is 25.8 Å². The molecule has 6 nitrogen and oxygen atoms in total. The SMILES string of the molecule is O=C(NCc1ccnc(N2CCCC2)c1)C1CCS(=O)(=O)C1. The van der Waals surface area contributed by atoms with E-state index in [1.54, 1.807) is 6.20 Å². The minimum absolute atomic E-state index is 0.0196. The summed E-state index contributed by atoms with van der Waals surface area (Å²) in [7, 11) is -3.02. The number of aromatic nitrogens is 1. The highest BCUT2D eigenvalue weighted by Gasteiger charge is 2.32. The molecule has 2 fully saturated rings. The number of carbonyl (C=O) groups is 1. The summed E-state index contributed by atoms with van der Waals surface area (Å²) >= 11 is 0. The van der Waals surface area contributed by atoms with E-state index in [1.165, 1.54) is 12.8 Å². The molecule has 3 rings (SSSR count). The standard InChI is InChI=1S/C15H21N3O3S/c19-15(13-4-8-22(20,21)11-13)17-10-12-3-5-16-14(9-12)18-6-1-2-7-18/h3,5,9,13H,1-2,4,6-8,10-11H2,(H,17,19). The van der Waals surface area contributed by atoms with Gasteiger partial charge in [-0.1, -0.05) is 0 Å². The molecule has 1 aromatic rings. The Kier molecular flexibility index (Phi) is 4.33. The summed E-state index contributed by atoms with van der Waals surface area (Å²) < 4.78 is 22.8. The van der Waals surface area contributed by atoms with Crippen molar-refractivity contribution >= 4 is 21.6 Å². The van der Waals surface area contributed by atoms with Gasteiger partial charge in [0.1, 0.15) is 5.82 Å². The van der Waals surface area contributed by atoms with E-state index in [0.717, 1.165) is 24.5 Å². The van der Waals surface area contributed by atoms with Crippen LogP contribution in [0.1, 0.15) is 24.8 Å². The summed E-state index contributed by atoms with van der Waals surface area (Å²) in [5.74, 6) is 0.492. The average Bonchev–Trinajstić information content (AvgIpc) is 3.14. The lowest BCUT2D eigenvalue weighted by Crippen LogP contribution is -2.31. The van der Waals surface area contributed by atoms with E-state index in [-0.39, 0.29) is 17.4 Å². The number of anilines is 1. The molecule has 120 valence electrons. The highest BCUT2D eigenvalue weighted by Crippen LogP contribution is 2.20. The molecule has 1 N–H and O–H groups in total. The fraction of sp³-hybridized carbons (Fsp3) is 0.600. The average molecular weight is 323 g/mol. The Hall–Kier alpha value is -1.63. The first kappa shape index (κ1) is 15.3. The number of rotatable bonds is 4. The molecule has 1 atom stereocenters. The van der Waals surface area contributed by atoms with E-state index in [1.807, 2.05) is 12.1 Å². The molecule has 3 heterocycles. The Morgan fingerprint density at radius 2 is 2.14 bits per heavy atom. The lowest BCUT2D eigenvalue weighted by molar-refractivity contribution is -0.124. The van der Waals surface area contributed by atoms with Crippen molar-refractivity contribution in [3.63, 3.8) is 0 Å². The summed E-state index contributed by atoms with van der Waals surface area (Å²) in [5, 5.41) is 2.85. The van der Waals surface area contributed by atoms with Crippen LogP contribution in [0.3, 0.4) is 0 Å². The van der Waals surface area contributed by atoms with Crippen LogP contribution in [0.25, 0.3) is 0 Å². The zero-order valence-corrected chi connectivity index (χ0v) is 13.3. The van der Waals surface area contributed by atoms with Gasteiger partial charge in [-0.3, -0.25) is 4.79 Å². The second-order valence-corrected chi connectivity index (χ2v) is 8.26. The van der Waals surface area contributed by atoms with Gasteiger partial charge >= 0.3 is 0 Å². The molecule has 0 aliphatic carbocycles. The maximum absolute atomic E-state index is 12.0. The third-order valence-corrected chi connectivity index (χ3v) is 6.08. The molecule has 2 aliphatic rings. The summed E-state index contributed by atoms with van der Waals surface area (Å²) in [4.78, 5) is 18.7. The van der Waals surface area contributed by atoms with Crippen molar-refractivity contribution in [1.29, 1.82) is 0 Å². The van der Waals surface area contributed by atoms with Crippen LogP contribution >= 0.6 is 0 Å². The summed E-state index contributed by atoms with van der Waals surface area (Å²) in [6.07, 6.45) is 4.58. The Morgan fingerprint density at radius 1 is 1.36 bits per heavy atom. The first-order valence-electron chi connectivity index (χ1n) is 7.71. The van der Waals surface area contributed by atoms with Crippen molar-refractivity contribution < 1.29 is 13.2 Å². The fourth-order valence-electron chi connectivity index (χ4n) is 3.03. The van der Waals surface area contributed by atoms with Crippen molar-refractivity contribution in [1.82, 2.24) is 10.3 Å². The first-order valence-corrected chi connectivity index (χ1v) is 9.54. The number of hydrogen-bond donors (Lipinski definition) is 1. The van der Waals surface area contributed by atoms with Crippen molar-refractivity contribution in [3.8, 4) is 0 Å². The van der Waals surface area contributed by atoms with Gasteiger partial charge in [0.05, 0.1) is 17.4 Å². The zero-order chi connectivity index (χ0) is 15.6. The molecule has 7 heteroatoms. The third kappa shape index (κ3) is 3.58. The van der Waals surface area contributed by atoms with Crippen LogP contribution in [-0.4, -0.2) is 43.9 Å². The van der Waals surface area contributed by atoms with Crippen LogP contribution in [0.5, 0.6) is 0 Å². The zero-order valence-electron chi connectivity index (χ0n) is 12.5. The van der Waals surface area contributed by atoms with Crippen molar-refractivity contribution in [2.75, 3.05) is 29.5 Å². The van der Waals surface area contributed by atoms with Crippen LogP contribution in [0.4, 0.5) is 5.82 Å². The lowest BCUT2D eigenvalue weighted by Gasteiger charge is -2.17. The van der Waals surface area contributed by atoms with Crippen molar-refractivity contribution in [2.45, 2.75) is 25.8 Å². The number of nitrogens with zero attached hydrogens (tertiary/aromatic N) is 2. The van der Waals surface area contributed by atoms with E-state index in [0.29, 0.717) is 13.0 Å². The highest BCUT2D eigenvalue weighted by molar-refractivity contribution is 7.91. The number of carbonyl (C=O) groups excluding carboxylic acids is 1. The van der Waals surface area contributed by atoms with Crippen LogP contribution < -0.4 is 10.2 Å². The van der Waals surface area contributed by atoms with Crippen molar-refractivity contribution in [3.05, 3.63) is 23.9 Å². The van der Waals surface area contributed by atoms with E-state index in [2.05, 4.69) is 15.2 Å². The Labute approximate surface area is 130 Å². The molecule has 0 bridgehead atoms. The maximum atomic E-state index is 12.0. The molecule has 1 unspecified atom stereocenters. The van der Waals surface area contributed by atoms with Crippen LogP contribution in [0.15, 0.2) is 18.3 Å². The smallest absolute Gasteiger partial charge is 0.224 e. The predicted octanol–water partition coefficient (Wildman–Crippen LogP) is 0.733. The lowest BCUT2D eigenvalue weighted by atomic mass is 10.1. The van der Waals surface area contributed by atoms with Gasteiger partial charge in [0.2, 0.25) is 5.91 Å². The second-order valence-electron chi connectivity index (χ2n) is 6.03. The topological polar surface area (TPSA) is 79.4 Å². The number of nitrogens with one attached hydrogen (secondary N) is 1. The van der Waals surface area contributed by atoms with E-state index in [4.69, 9.17) is 0 Å². The Morgan fingerprint density at radius 3 is 2.82 bits per heavy atom. The van der Waals surface area contributed by atoms with E-state index >= 15 is 0 Å². The van der Waals surface area contributed by atoms with E-state index < -0.39 is 15.8 Å². The molecular formula is C15H21N3O3S. The van der Waals surface area contributed by atoms with Gasteiger partial charge in [-0.15, -0.1) is 0 Å². The summed E-state index contributed by atoms with van der Waals surface area (Å²) in [6, 6.07) is 3.88. The molecule has 0 aromatic carbocycles. The monoisotopic (exact) mass is 323 g/mol. The first-order chi connectivity index (χ1) is 10.5. The Balaban J connectivity index is 1.57. The predicted molar refractivity (Wildman–Crippen MR) is 84.3 cm³/mol. The number of amides is 1. The molecule has 2 aliphatic heterocycles. The minimum atomic E-state index is -3.02. The molecule has 0 saturated carbocycles. The molecule has 1 amide bonds. The third-order valence-electron chi connectivity index (χ3n) is 4.31. The molecule has 1 aromatic heterocycles.